The molecule has 0 saturated carbocycles. The van der Waals surface area contributed by atoms with E-state index in [1.54, 1.807) is 23.9 Å². The van der Waals surface area contributed by atoms with E-state index in [4.69, 9.17) is 4.74 Å². The van der Waals surface area contributed by atoms with Gasteiger partial charge >= 0.3 is 0 Å². The van der Waals surface area contributed by atoms with E-state index >= 15 is 0 Å². The summed E-state index contributed by atoms with van der Waals surface area (Å²) in [6.07, 6.45) is 3.32. The van der Waals surface area contributed by atoms with Crippen LogP contribution in [0, 0.1) is 0 Å². The van der Waals surface area contributed by atoms with E-state index in [-0.39, 0.29) is 11.0 Å². The largest absolute Gasteiger partial charge is 0.494 e. The summed E-state index contributed by atoms with van der Waals surface area (Å²) in [5, 5.41) is -0.0772. The number of hydrogen-bond donors (Lipinski definition) is 0. The third kappa shape index (κ3) is 3.95. The van der Waals surface area contributed by atoms with Gasteiger partial charge in [0.05, 0.1) is 22.5 Å². The summed E-state index contributed by atoms with van der Waals surface area (Å²) in [6, 6.07) is 15.3. The average Bonchev–Trinajstić information content (AvgIpc) is 2.83. The number of hydrogen-bond acceptors (Lipinski definition) is 4. The molecule has 2 aromatic rings. The first-order valence-electron chi connectivity index (χ1n) is 8.31. The smallest absolute Gasteiger partial charge is 0.180 e. The van der Waals surface area contributed by atoms with Crippen molar-refractivity contribution in [1.29, 1.82) is 0 Å². The predicted molar refractivity (Wildman–Crippen MR) is 98.6 cm³/mol. The van der Waals surface area contributed by atoms with Gasteiger partial charge in [-0.3, -0.25) is 0 Å². The van der Waals surface area contributed by atoms with E-state index in [0.29, 0.717) is 11.5 Å². The van der Waals surface area contributed by atoms with Crippen LogP contribution < -0.4 is 4.74 Å². The molecule has 0 bridgehead atoms. The molecule has 1 aliphatic rings. The molecule has 5 heteroatoms. The van der Waals surface area contributed by atoms with Crippen LogP contribution in [0.1, 0.15) is 37.0 Å². The first-order chi connectivity index (χ1) is 11.6. The van der Waals surface area contributed by atoms with Crippen molar-refractivity contribution in [3.8, 4) is 5.75 Å². The van der Waals surface area contributed by atoms with E-state index in [9.17, 15) is 8.42 Å². The van der Waals surface area contributed by atoms with Crippen molar-refractivity contribution in [2.45, 2.75) is 41.2 Å². The molecule has 3 rings (SSSR count). The summed E-state index contributed by atoms with van der Waals surface area (Å²) < 4.78 is 30.6. The van der Waals surface area contributed by atoms with E-state index < -0.39 is 9.84 Å². The zero-order valence-electron chi connectivity index (χ0n) is 13.8. The summed E-state index contributed by atoms with van der Waals surface area (Å²) in [5.74, 6) is 0.918. The Bertz CT molecular complexity index is 786. The highest BCUT2D eigenvalue weighted by molar-refractivity contribution is 8.01. The predicted octanol–water partition coefficient (Wildman–Crippen LogP) is 4.88. The van der Waals surface area contributed by atoms with Crippen molar-refractivity contribution >= 4 is 21.6 Å². The molecule has 24 heavy (non-hydrogen) atoms. The Labute approximate surface area is 148 Å². The molecule has 1 aliphatic heterocycles. The van der Waals surface area contributed by atoms with Crippen molar-refractivity contribution < 1.29 is 13.2 Å². The number of fused-ring (bicyclic) bond motifs is 1. The number of thioether (sulfide) groups is 1. The maximum Gasteiger partial charge on any atom is 0.180 e. The summed E-state index contributed by atoms with van der Waals surface area (Å²) in [6.45, 7) is 2.83. The van der Waals surface area contributed by atoms with Gasteiger partial charge in [0, 0.05) is 4.90 Å². The second-order valence-corrected chi connectivity index (χ2v) is 9.23. The quantitative estimate of drug-likeness (QED) is 0.659. The zero-order chi connectivity index (χ0) is 17.0. The van der Waals surface area contributed by atoms with Crippen molar-refractivity contribution in [3.05, 3.63) is 54.1 Å². The van der Waals surface area contributed by atoms with Gasteiger partial charge in [0.1, 0.15) is 5.75 Å². The fourth-order valence-corrected chi connectivity index (χ4v) is 6.28. The van der Waals surface area contributed by atoms with Gasteiger partial charge in [0.2, 0.25) is 0 Å². The van der Waals surface area contributed by atoms with Gasteiger partial charge in [-0.15, -0.1) is 11.8 Å². The minimum Gasteiger partial charge on any atom is -0.494 e. The van der Waals surface area contributed by atoms with E-state index in [0.717, 1.165) is 35.5 Å². The Morgan fingerprint density at radius 2 is 1.92 bits per heavy atom. The topological polar surface area (TPSA) is 43.4 Å². The summed E-state index contributed by atoms with van der Waals surface area (Å²) in [5.41, 5.74) is 0.872. The number of benzene rings is 2. The highest BCUT2D eigenvalue weighted by Gasteiger charge is 2.35. The minimum atomic E-state index is -3.20. The molecule has 1 heterocycles. The Balaban J connectivity index is 1.80. The van der Waals surface area contributed by atoms with Crippen LogP contribution in [0.15, 0.2) is 58.3 Å². The molecule has 0 aromatic heterocycles. The highest BCUT2D eigenvalue weighted by atomic mass is 32.2. The summed E-state index contributed by atoms with van der Waals surface area (Å²) in [7, 11) is -3.20. The second-order valence-electron chi connectivity index (χ2n) is 5.96. The third-order valence-electron chi connectivity index (χ3n) is 4.07. The van der Waals surface area contributed by atoms with Crippen molar-refractivity contribution in [2.24, 2.45) is 0 Å². The molecule has 2 aromatic carbocycles. The number of ether oxygens (including phenoxy) is 1. The number of sulfone groups is 1. The molecule has 0 N–H and O–H groups in total. The lowest BCUT2D eigenvalue weighted by molar-refractivity contribution is 0.306. The molecular weight excluding hydrogens is 340 g/mol. The molecule has 1 atom stereocenters. The second kappa shape index (κ2) is 7.62. The van der Waals surface area contributed by atoms with Crippen LogP contribution in [0.2, 0.25) is 0 Å². The van der Waals surface area contributed by atoms with Gasteiger partial charge < -0.3 is 4.74 Å². The van der Waals surface area contributed by atoms with Gasteiger partial charge in [0.15, 0.2) is 9.84 Å². The van der Waals surface area contributed by atoms with Gasteiger partial charge in [-0.2, -0.15) is 0 Å². The first kappa shape index (κ1) is 17.4. The van der Waals surface area contributed by atoms with Crippen molar-refractivity contribution in [1.82, 2.24) is 0 Å². The van der Waals surface area contributed by atoms with E-state index in [1.807, 2.05) is 36.4 Å². The van der Waals surface area contributed by atoms with Crippen molar-refractivity contribution in [2.75, 3.05) is 12.4 Å². The monoisotopic (exact) mass is 362 g/mol. The number of unbranched alkanes of at least 4 members (excludes halogenated alkanes) is 2. The molecule has 0 aliphatic carbocycles. The lowest BCUT2D eigenvalue weighted by Gasteiger charge is -2.12. The first-order valence-corrected chi connectivity index (χ1v) is 10.8. The van der Waals surface area contributed by atoms with Gasteiger partial charge in [-0.05, 0) is 42.3 Å². The third-order valence-corrected chi connectivity index (χ3v) is 7.35. The van der Waals surface area contributed by atoms with Crippen molar-refractivity contribution in [3.63, 3.8) is 0 Å². The summed E-state index contributed by atoms with van der Waals surface area (Å²) >= 11 is 1.60. The standard InChI is InChI=1S/C19H22O3S2/c1-2-3-7-12-22-15-10-11-19-17(13-15)18(14-24(19,20)21)23-16-8-5-4-6-9-16/h4-6,8-11,13,18H,2-3,7,12,14H2,1H3. The molecule has 0 spiro atoms. The summed E-state index contributed by atoms with van der Waals surface area (Å²) in [4.78, 5) is 1.54. The van der Waals surface area contributed by atoms with Crippen LogP contribution in [0.3, 0.4) is 0 Å². The van der Waals surface area contributed by atoms with Gasteiger partial charge in [0.25, 0.3) is 0 Å². The van der Waals surface area contributed by atoms with Crippen LogP contribution >= 0.6 is 11.8 Å². The van der Waals surface area contributed by atoms with E-state index in [1.165, 1.54) is 0 Å². The Morgan fingerprint density at radius 1 is 1.12 bits per heavy atom. The molecule has 0 amide bonds. The lowest BCUT2D eigenvalue weighted by Crippen LogP contribution is -2.00. The Morgan fingerprint density at radius 3 is 2.67 bits per heavy atom. The van der Waals surface area contributed by atoms with Crippen LogP contribution in [0.25, 0.3) is 0 Å². The minimum absolute atomic E-state index is 0.0772. The van der Waals surface area contributed by atoms with Crippen LogP contribution in [-0.4, -0.2) is 20.8 Å². The molecular formula is C19H22O3S2. The number of rotatable bonds is 7. The Hall–Kier alpha value is -1.46. The maximum atomic E-state index is 12.4. The molecule has 3 nitrogen and oxygen atoms in total. The van der Waals surface area contributed by atoms with Crippen LogP contribution in [-0.2, 0) is 9.84 Å². The molecule has 128 valence electrons. The lowest BCUT2D eigenvalue weighted by atomic mass is 10.1. The fraction of sp³-hybridized carbons (Fsp3) is 0.368. The van der Waals surface area contributed by atoms with Crippen LogP contribution in [0.5, 0.6) is 5.75 Å². The van der Waals surface area contributed by atoms with Crippen LogP contribution in [0.4, 0.5) is 0 Å². The average molecular weight is 363 g/mol. The normalized spacial score (nSPS) is 18.3. The maximum absolute atomic E-state index is 12.4. The fourth-order valence-electron chi connectivity index (χ4n) is 2.83. The molecule has 1 unspecified atom stereocenters. The Kier molecular flexibility index (Phi) is 5.51. The molecule has 0 radical (unpaired) electrons. The highest BCUT2D eigenvalue weighted by Crippen LogP contribution is 2.46. The molecule has 0 saturated heterocycles. The van der Waals surface area contributed by atoms with E-state index in [2.05, 4.69) is 6.92 Å². The van der Waals surface area contributed by atoms with Gasteiger partial charge in [-0.25, -0.2) is 8.42 Å². The van der Waals surface area contributed by atoms with Gasteiger partial charge in [-0.1, -0.05) is 38.0 Å². The SMILES string of the molecule is CCCCCOc1ccc2c(c1)C(Sc1ccccc1)CS2(=O)=O. The molecule has 0 fully saturated rings. The zero-order valence-corrected chi connectivity index (χ0v) is 15.4.